The molecule has 1 rings (SSSR count). The Morgan fingerprint density at radius 2 is 2.07 bits per heavy atom. The van der Waals surface area contributed by atoms with Gasteiger partial charge in [0.15, 0.2) is 0 Å². The third-order valence-electron chi connectivity index (χ3n) is 2.51. The first-order chi connectivity index (χ1) is 7.19. The highest BCUT2D eigenvalue weighted by Gasteiger charge is 2.18. The van der Waals surface area contributed by atoms with Crippen LogP contribution in [-0.4, -0.2) is 17.5 Å². The SMILES string of the molecule is CC(C)N1CCC/C1=C/C=C(C#N)C#N. The van der Waals surface area contributed by atoms with E-state index in [0.717, 1.165) is 19.4 Å². The summed E-state index contributed by atoms with van der Waals surface area (Å²) in [6.45, 7) is 5.38. The van der Waals surface area contributed by atoms with Gasteiger partial charge in [-0.05, 0) is 38.8 Å². The zero-order valence-electron chi connectivity index (χ0n) is 9.20. The normalized spacial score (nSPS) is 17.7. The minimum Gasteiger partial charge on any atom is -0.372 e. The quantitative estimate of drug-likeness (QED) is 0.644. The molecule has 1 aliphatic heterocycles. The molecule has 0 saturated carbocycles. The Balaban J connectivity index is 2.80. The topological polar surface area (TPSA) is 50.8 Å². The minimum absolute atomic E-state index is 0.165. The molecule has 0 bridgehead atoms. The fourth-order valence-electron chi connectivity index (χ4n) is 1.77. The lowest BCUT2D eigenvalue weighted by Crippen LogP contribution is -2.25. The fourth-order valence-corrected chi connectivity index (χ4v) is 1.77. The van der Waals surface area contributed by atoms with Gasteiger partial charge in [0.1, 0.15) is 17.7 Å². The highest BCUT2D eigenvalue weighted by atomic mass is 15.2. The van der Waals surface area contributed by atoms with Crippen molar-refractivity contribution >= 4 is 0 Å². The van der Waals surface area contributed by atoms with Crippen molar-refractivity contribution < 1.29 is 0 Å². The lowest BCUT2D eigenvalue weighted by molar-refractivity contribution is 0.323. The Bertz CT molecular complexity index is 347. The molecule has 0 aliphatic carbocycles. The van der Waals surface area contributed by atoms with Gasteiger partial charge >= 0.3 is 0 Å². The molecule has 1 heterocycles. The van der Waals surface area contributed by atoms with Crippen LogP contribution in [0.1, 0.15) is 26.7 Å². The van der Waals surface area contributed by atoms with E-state index < -0.39 is 0 Å². The summed E-state index contributed by atoms with van der Waals surface area (Å²) in [5, 5.41) is 17.2. The van der Waals surface area contributed by atoms with Gasteiger partial charge in [-0.3, -0.25) is 0 Å². The van der Waals surface area contributed by atoms with E-state index in [1.807, 2.05) is 18.2 Å². The Morgan fingerprint density at radius 3 is 2.60 bits per heavy atom. The van der Waals surface area contributed by atoms with Crippen LogP contribution in [0.15, 0.2) is 23.4 Å². The summed E-state index contributed by atoms with van der Waals surface area (Å²) >= 11 is 0. The second-order valence-electron chi connectivity index (χ2n) is 3.85. The Hall–Kier alpha value is -1.74. The zero-order valence-corrected chi connectivity index (χ0v) is 9.20. The van der Waals surface area contributed by atoms with Crippen molar-refractivity contribution in [1.29, 1.82) is 10.5 Å². The maximum Gasteiger partial charge on any atom is 0.129 e. The van der Waals surface area contributed by atoms with Crippen LogP contribution in [0.3, 0.4) is 0 Å². The Morgan fingerprint density at radius 1 is 1.40 bits per heavy atom. The molecule has 0 radical (unpaired) electrons. The largest absolute Gasteiger partial charge is 0.372 e. The zero-order chi connectivity index (χ0) is 11.3. The molecular formula is C12H15N3. The standard InChI is InChI=1S/C12H15N3/c1-10(2)15-7-3-4-12(15)6-5-11(8-13)9-14/h5-6,10H,3-4,7H2,1-2H3/b12-6-. The van der Waals surface area contributed by atoms with Gasteiger partial charge in [-0.1, -0.05) is 0 Å². The number of nitriles is 2. The first-order valence-electron chi connectivity index (χ1n) is 5.16. The van der Waals surface area contributed by atoms with E-state index in [4.69, 9.17) is 10.5 Å². The summed E-state index contributed by atoms with van der Waals surface area (Å²) in [6, 6.07) is 4.20. The summed E-state index contributed by atoms with van der Waals surface area (Å²) in [6.07, 6.45) is 5.70. The lowest BCUT2D eigenvalue weighted by Gasteiger charge is -2.24. The molecule has 1 saturated heterocycles. The van der Waals surface area contributed by atoms with Crippen LogP contribution in [0.25, 0.3) is 0 Å². The molecule has 0 atom stereocenters. The van der Waals surface area contributed by atoms with E-state index in [9.17, 15) is 0 Å². The van der Waals surface area contributed by atoms with Crippen molar-refractivity contribution in [3.05, 3.63) is 23.4 Å². The maximum absolute atomic E-state index is 8.59. The monoisotopic (exact) mass is 201 g/mol. The maximum atomic E-state index is 8.59. The van der Waals surface area contributed by atoms with Gasteiger partial charge in [0.05, 0.1) is 0 Å². The van der Waals surface area contributed by atoms with E-state index in [1.165, 1.54) is 5.70 Å². The van der Waals surface area contributed by atoms with Gasteiger partial charge in [0.25, 0.3) is 0 Å². The summed E-state index contributed by atoms with van der Waals surface area (Å²) in [7, 11) is 0. The van der Waals surface area contributed by atoms with Crippen molar-refractivity contribution in [2.45, 2.75) is 32.7 Å². The number of nitrogens with zero attached hydrogens (tertiary/aromatic N) is 3. The summed E-state index contributed by atoms with van der Waals surface area (Å²) in [5.74, 6) is 0. The average Bonchev–Trinajstić information content (AvgIpc) is 2.67. The van der Waals surface area contributed by atoms with Gasteiger partial charge in [0, 0.05) is 18.3 Å². The molecular weight excluding hydrogens is 186 g/mol. The van der Waals surface area contributed by atoms with E-state index >= 15 is 0 Å². The third-order valence-corrected chi connectivity index (χ3v) is 2.51. The minimum atomic E-state index is 0.165. The predicted octanol–water partition coefficient (Wildman–Crippen LogP) is 2.35. The molecule has 0 spiro atoms. The first kappa shape index (κ1) is 11.3. The first-order valence-corrected chi connectivity index (χ1v) is 5.16. The van der Waals surface area contributed by atoms with E-state index in [1.54, 1.807) is 6.08 Å². The predicted molar refractivity (Wildman–Crippen MR) is 58.5 cm³/mol. The molecule has 3 nitrogen and oxygen atoms in total. The number of rotatable bonds is 2. The van der Waals surface area contributed by atoms with Gasteiger partial charge in [-0.2, -0.15) is 10.5 Å². The van der Waals surface area contributed by atoms with Crippen molar-refractivity contribution in [1.82, 2.24) is 4.90 Å². The molecule has 1 aliphatic rings. The second-order valence-corrected chi connectivity index (χ2v) is 3.85. The average molecular weight is 201 g/mol. The van der Waals surface area contributed by atoms with Crippen LogP contribution in [0, 0.1) is 22.7 Å². The second kappa shape index (κ2) is 5.22. The van der Waals surface area contributed by atoms with Crippen molar-refractivity contribution in [3.8, 4) is 12.1 Å². The molecule has 0 aromatic carbocycles. The number of allylic oxidation sites excluding steroid dienone is 4. The molecule has 0 unspecified atom stereocenters. The van der Waals surface area contributed by atoms with Gasteiger partial charge in [-0.15, -0.1) is 0 Å². The van der Waals surface area contributed by atoms with E-state index in [0.29, 0.717) is 6.04 Å². The van der Waals surface area contributed by atoms with Crippen molar-refractivity contribution in [2.24, 2.45) is 0 Å². The molecule has 1 fully saturated rings. The third kappa shape index (κ3) is 2.86. The highest BCUT2D eigenvalue weighted by Crippen LogP contribution is 2.23. The van der Waals surface area contributed by atoms with Crippen LogP contribution in [0.4, 0.5) is 0 Å². The number of likely N-dealkylation sites (tertiary alicyclic amines) is 1. The molecule has 15 heavy (non-hydrogen) atoms. The van der Waals surface area contributed by atoms with Gasteiger partial charge < -0.3 is 4.90 Å². The van der Waals surface area contributed by atoms with Crippen molar-refractivity contribution in [2.75, 3.05) is 6.54 Å². The molecule has 0 aromatic heterocycles. The Kier molecular flexibility index (Phi) is 3.94. The van der Waals surface area contributed by atoms with Gasteiger partial charge in [-0.25, -0.2) is 0 Å². The molecule has 0 N–H and O–H groups in total. The fraction of sp³-hybridized carbons (Fsp3) is 0.500. The van der Waals surface area contributed by atoms with Crippen LogP contribution in [-0.2, 0) is 0 Å². The molecule has 0 amide bonds. The van der Waals surface area contributed by atoms with E-state index in [2.05, 4.69) is 18.7 Å². The Labute approximate surface area is 90.9 Å². The van der Waals surface area contributed by atoms with Gasteiger partial charge in [0.2, 0.25) is 0 Å². The van der Waals surface area contributed by atoms with E-state index in [-0.39, 0.29) is 5.57 Å². The van der Waals surface area contributed by atoms with Crippen LogP contribution in [0.5, 0.6) is 0 Å². The highest BCUT2D eigenvalue weighted by molar-refractivity contribution is 5.38. The lowest BCUT2D eigenvalue weighted by atomic mass is 10.2. The number of hydrogen-bond acceptors (Lipinski definition) is 3. The van der Waals surface area contributed by atoms with Crippen LogP contribution in [0.2, 0.25) is 0 Å². The molecule has 0 aromatic rings. The summed E-state index contributed by atoms with van der Waals surface area (Å²) < 4.78 is 0. The van der Waals surface area contributed by atoms with Crippen molar-refractivity contribution in [3.63, 3.8) is 0 Å². The number of hydrogen-bond donors (Lipinski definition) is 0. The summed E-state index contributed by atoms with van der Waals surface area (Å²) in [4.78, 5) is 2.31. The summed E-state index contributed by atoms with van der Waals surface area (Å²) in [5.41, 5.74) is 1.39. The molecule has 78 valence electrons. The smallest absolute Gasteiger partial charge is 0.129 e. The molecule has 3 heteroatoms. The van der Waals surface area contributed by atoms with Crippen LogP contribution < -0.4 is 0 Å². The van der Waals surface area contributed by atoms with Crippen LogP contribution >= 0.6 is 0 Å².